The molecule has 1 aromatic carbocycles. The Morgan fingerprint density at radius 1 is 1.17 bits per heavy atom. The van der Waals surface area contributed by atoms with Crippen LogP contribution in [0.5, 0.6) is 0 Å². The number of carbonyl (C=O) groups is 2. The molecule has 1 heterocycles. The van der Waals surface area contributed by atoms with E-state index in [0.29, 0.717) is 17.7 Å². The Morgan fingerprint density at radius 2 is 1.83 bits per heavy atom. The fraction of sp³-hybridized carbons (Fsp3) is 0.294. The Bertz CT molecular complexity index is 691. The van der Waals surface area contributed by atoms with Gasteiger partial charge in [0.25, 0.3) is 5.91 Å². The number of aliphatic carboxylic acids is 1. The molecule has 23 heavy (non-hydrogen) atoms. The summed E-state index contributed by atoms with van der Waals surface area (Å²) in [4.78, 5) is 23.3. The third kappa shape index (κ3) is 4.42. The molecule has 0 aliphatic carbocycles. The summed E-state index contributed by atoms with van der Waals surface area (Å²) in [5.74, 6) is -1.49. The molecule has 0 aliphatic heterocycles. The zero-order valence-electron chi connectivity index (χ0n) is 12.9. The Labute approximate surface area is 133 Å². The summed E-state index contributed by atoms with van der Waals surface area (Å²) in [6.45, 7) is 3.75. The van der Waals surface area contributed by atoms with Crippen molar-refractivity contribution in [3.05, 3.63) is 48.0 Å². The van der Waals surface area contributed by atoms with Gasteiger partial charge in [-0.25, -0.2) is 9.18 Å². The predicted molar refractivity (Wildman–Crippen MR) is 82.4 cm³/mol. The molecule has 0 bridgehead atoms. The lowest BCUT2D eigenvalue weighted by molar-refractivity contribution is -0.139. The molecule has 1 aromatic heterocycles. The minimum Gasteiger partial charge on any atom is -0.480 e. The quantitative estimate of drug-likeness (QED) is 0.856. The van der Waals surface area contributed by atoms with Crippen molar-refractivity contribution in [2.45, 2.75) is 26.3 Å². The number of hydrogen-bond donors (Lipinski definition) is 2. The van der Waals surface area contributed by atoms with Crippen molar-refractivity contribution in [3.63, 3.8) is 0 Å². The highest BCUT2D eigenvalue weighted by molar-refractivity contribution is 5.94. The maximum Gasteiger partial charge on any atom is 0.326 e. The van der Waals surface area contributed by atoms with E-state index in [4.69, 9.17) is 9.52 Å². The molecule has 2 rings (SSSR count). The largest absolute Gasteiger partial charge is 0.480 e. The van der Waals surface area contributed by atoms with Gasteiger partial charge in [0, 0.05) is 5.56 Å². The summed E-state index contributed by atoms with van der Waals surface area (Å²) in [5, 5.41) is 11.6. The molecular formula is C17H18FNO4. The van der Waals surface area contributed by atoms with Crippen LogP contribution in [0.1, 0.15) is 30.8 Å². The number of carboxylic acids is 1. The normalized spacial score (nSPS) is 12.2. The van der Waals surface area contributed by atoms with E-state index in [9.17, 15) is 14.0 Å². The third-order valence-electron chi connectivity index (χ3n) is 3.27. The van der Waals surface area contributed by atoms with E-state index < -0.39 is 17.9 Å². The van der Waals surface area contributed by atoms with Gasteiger partial charge in [-0.15, -0.1) is 0 Å². The second-order valence-electron chi connectivity index (χ2n) is 5.66. The van der Waals surface area contributed by atoms with Gasteiger partial charge in [0.2, 0.25) is 0 Å². The van der Waals surface area contributed by atoms with Crippen molar-refractivity contribution in [1.29, 1.82) is 0 Å². The molecular weight excluding hydrogens is 301 g/mol. The summed E-state index contributed by atoms with van der Waals surface area (Å²) >= 11 is 0. The zero-order valence-corrected chi connectivity index (χ0v) is 12.9. The molecule has 122 valence electrons. The molecule has 0 saturated carbocycles. The first kappa shape index (κ1) is 16.7. The number of benzene rings is 1. The molecule has 1 amide bonds. The fourth-order valence-corrected chi connectivity index (χ4v) is 2.15. The maximum absolute atomic E-state index is 12.9. The average Bonchev–Trinajstić information content (AvgIpc) is 2.96. The van der Waals surface area contributed by atoms with Crippen LogP contribution in [0.15, 0.2) is 40.8 Å². The first-order valence-corrected chi connectivity index (χ1v) is 7.26. The van der Waals surface area contributed by atoms with Crippen molar-refractivity contribution < 1.29 is 23.5 Å². The highest BCUT2D eigenvalue weighted by Gasteiger charge is 2.23. The summed E-state index contributed by atoms with van der Waals surface area (Å²) < 4.78 is 18.3. The predicted octanol–water partition coefficient (Wildman–Crippen LogP) is 3.31. The monoisotopic (exact) mass is 319 g/mol. The Morgan fingerprint density at radius 3 is 2.39 bits per heavy atom. The number of halogens is 1. The Balaban J connectivity index is 2.11. The van der Waals surface area contributed by atoms with E-state index in [1.54, 1.807) is 6.07 Å². The third-order valence-corrected chi connectivity index (χ3v) is 3.27. The smallest absolute Gasteiger partial charge is 0.326 e. The first-order valence-electron chi connectivity index (χ1n) is 7.26. The molecule has 1 atom stereocenters. The number of carbonyl (C=O) groups excluding carboxylic acids is 1. The zero-order chi connectivity index (χ0) is 17.0. The van der Waals surface area contributed by atoms with Crippen LogP contribution in [0.3, 0.4) is 0 Å². The lowest BCUT2D eigenvalue weighted by Crippen LogP contribution is -2.41. The van der Waals surface area contributed by atoms with Crippen molar-refractivity contribution in [2.75, 3.05) is 0 Å². The van der Waals surface area contributed by atoms with Crippen LogP contribution in [0, 0.1) is 11.7 Å². The van der Waals surface area contributed by atoms with Crippen LogP contribution in [0.25, 0.3) is 11.3 Å². The van der Waals surface area contributed by atoms with Gasteiger partial charge < -0.3 is 14.8 Å². The van der Waals surface area contributed by atoms with E-state index in [1.165, 1.54) is 30.3 Å². The molecule has 0 radical (unpaired) electrons. The highest BCUT2D eigenvalue weighted by atomic mass is 19.1. The van der Waals surface area contributed by atoms with E-state index in [1.807, 2.05) is 13.8 Å². The SMILES string of the molecule is CC(C)C[C@@H](NC(=O)c1ccc(-c2ccc(F)cc2)o1)C(=O)O. The molecule has 5 nitrogen and oxygen atoms in total. The van der Waals surface area contributed by atoms with Gasteiger partial charge in [-0.2, -0.15) is 0 Å². The Hall–Kier alpha value is -2.63. The standard InChI is InChI=1S/C17H18FNO4/c1-10(2)9-13(17(21)22)19-16(20)15-8-7-14(23-15)11-3-5-12(18)6-4-11/h3-8,10,13H,9H2,1-2H3,(H,19,20)(H,21,22)/t13-/m1/s1. The molecule has 6 heteroatoms. The van der Waals surface area contributed by atoms with Crippen molar-refractivity contribution in [2.24, 2.45) is 5.92 Å². The van der Waals surface area contributed by atoms with Crippen LogP contribution in [-0.4, -0.2) is 23.0 Å². The van der Waals surface area contributed by atoms with Gasteiger partial charge in [0.1, 0.15) is 17.6 Å². The van der Waals surface area contributed by atoms with Gasteiger partial charge in [0.15, 0.2) is 5.76 Å². The number of amides is 1. The number of rotatable bonds is 6. The minimum atomic E-state index is -1.09. The van der Waals surface area contributed by atoms with E-state index >= 15 is 0 Å². The molecule has 0 saturated heterocycles. The number of hydrogen-bond acceptors (Lipinski definition) is 3. The van der Waals surface area contributed by atoms with Crippen molar-refractivity contribution >= 4 is 11.9 Å². The maximum atomic E-state index is 12.9. The average molecular weight is 319 g/mol. The molecule has 0 spiro atoms. The highest BCUT2D eigenvalue weighted by Crippen LogP contribution is 2.22. The summed E-state index contributed by atoms with van der Waals surface area (Å²) in [7, 11) is 0. The Kier molecular flexibility index (Phi) is 5.16. The fourth-order valence-electron chi connectivity index (χ4n) is 2.15. The molecule has 0 fully saturated rings. The lowest BCUT2D eigenvalue weighted by Gasteiger charge is -2.15. The van der Waals surface area contributed by atoms with Gasteiger partial charge >= 0.3 is 5.97 Å². The van der Waals surface area contributed by atoms with Gasteiger partial charge in [-0.3, -0.25) is 4.79 Å². The first-order chi connectivity index (χ1) is 10.9. The summed E-state index contributed by atoms with van der Waals surface area (Å²) in [6, 6.07) is 7.73. The van der Waals surface area contributed by atoms with Crippen LogP contribution in [0.2, 0.25) is 0 Å². The van der Waals surface area contributed by atoms with Crippen LogP contribution in [-0.2, 0) is 4.79 Å². The summed E-state index contributed by atoms with van der Waals surface area (Å²) in [5.41, 5.74) is 0.627. The van der Waals surface area contributed by atoms with E-state index in [2.05, 4.69) is 5.32 Å². The summed E-state index contributed by atoms with van der Waals surface area (Å²) in [6.07, 6.45) is 0.326. The molecule has 0 unspecified atom stereocenters. The van der Waals surface area contributed by atoms with E-state index in [0.717, 1.165) is 0 Å². The second-order valence-corrected chi connectivity index (χ2v) is 5.66. The molecule has 0 aliphatic rings. The minimum absolute atomic E-state index is 0.0133. The topological polar surface area (TPSA) is 79.5 Å². The van der Waals surface area contributed by atoms with Crippen LogP contribution in [0.4, 0.5) is 4.39 Å². The number of carboxylic acid groups (broad SMARTS) is 1. The molecule has 2 aromatic rings. The molecule has 2 N–H and O–H groups in total. The van der Waals surface area contributed by atoms with Crippen LogP contribution >= 0.6 is 0 Å². The van der Waals surface area contributed by atoms with Gasteiger partial charge in [-0.05, 0) is 48.7 Å². The van der Waals surface area contributed by atoms with Crippen LogP contribution < -0.4 is 5.32 Å². The van der Waals surface area contributed by atoms with E-state index in [-0.39, 0.29) is 17.5 Å². The van der Waals surface area contributed by atoms with Crippen molar-refractivity contribution in [3.8, 4) is 11.3 Å². The second kappa shape index (κ2) is 7.09. The number of furan rings is 1. The van der Waals surface area contributed by atoms with Crippen molar-refractivity contribution in [1.82, 2.24) is 5.32 Å². The lowest BCUT2D eigenvalue weighted by atomic mass is 10.0. The van der Waals surface area contributed by atoms with Gasteiger partial charge in [-0.1, -0.05) is 13.8 Å². The van der Waals surface area contributed by atoms with Gasteiger partial charge in [0.05, 0.1) is 0 Å². The number of nitrogens with one attached hydrogen (secondary N) is 1.